The van der Waals surface area contributed by atoms with Crippen LogP contribution < -0.4 is 0 Å². The van der Waals surface area contributed by atoms with Gasteiger partial charge in [-0.2, -0.15) is 0 Å². The summed E-state index contributed by atoms with van der Waals surface area (Å²) in [5.74, 6) is -3.73. The maximum atomic E-state index is 15.1. The Balaban J connectivity index is 2.46. The lowest BCUT2D eigenvalue weighted by Gasteiger charge is -2.42. The van der Waals surface area contributed by atoms with Crippen molar-refractivity contribution in [3.63, 3.8) is 0 Å². The molecule has 2 aliphatic rings. The van der Waals surface area contributed by atoms with Crippen molar-refractivity contribution in [2.24, 2.45) is 17.8 Å². The SMILES string of the molecule is C=C(C)C(/C=C/C)(S(=O)O)C(F)(F)C1CC2CCC1C2. The minimum absolute atomic E-state index is 0.0254. The summed E-state index contributed by atoms with van der Waals surface area (Å²) in [6.45, 7) is 6.58. The molecule has 0 aromatic carbocycles. The summed E-state index contributed by atoms with van der Waals surface area (Å²) in [6, 6.07) is 0. The maximum Gasteiger partial charge on any atom is 0.277 e. The predicted octanol–water partition coefficient (Wildman–Crippen LogP) is 4.17. The Bertz CT molecular complexity index is 445. The van der Waals surface area contributed by atoms with Gasteiger partial charge in [0.25, 0.3) is 5.92 Å². The van der Waals surface area contributed by atoms with Crippen LogP contribution in [-0.2, 0) is 11.1 Å². The van der Waals surface area contributed by atoms with Crippen LogP contribution in [0.5, 0.6) is 0 Å². The molecule has 2 rings (SSSR count). The molecule has 0 spiro atoms. The first kappa shape index (κ1) is 15.8. The third-order valence-electron chi connectivity index (χ3n) is 5.01. The van der Waals surface area contributed by atoms with Crippen LogP contribution in [0.4, 0.5) is 8.78 Å². The molecule has 0 radical (unpaired) electrons. The zero-order valence-electron chi connectivity index (χ0n) is 11.9. The molecule has 20 heavy (non-hydrogen) atoms. The van der Waals surface area contributed by atoms with E-state index in [0.717, 1.165) is 25.3 Å². The molecule has 2 saturated carbocycles. The van der Waals surface area contributed by atoms with Gasteiger partial charge < -0.3 is 4.55 Å². The molecular formula is C15H22F2O2S. The van der Waals surface area contributed by atoms with Crippen LogP contribution >= 0.6 is 0 Å². The summed E-state index contributed by atoms with van der Waals surface area (Å²) in [6.07, 6.45) is 5.71. The normalized spacial score (nSPS) is 34.4. The zero-order chi connectivity index (χ0) is 15.1. The van der Waals surface area contributed by atoms with Gasteiger partial charge in [-0.3, -0.25) is 0 Å². The summed E-state index contributed by atoms with van der Waals surface area (Å²) in [7, 11) is 0. The standard InChI is InChI=1S/C15H22F2O2S/c1-4-7-14(10(2)3,20(18)19)15(16,17)13-9-11-5-6-12(13)8-11/h4,7,11-13H,2,5-6,8-9H2,1,3H3,(H,18,19)/b7-4+. The molecule has 5 heteroatoms. The highest BCUT2D eigenvalue weighted by Crippen LogP contribution is 2.58. The fourth-order valence-electron chi connectivity index (χ4n) is 4.06. The summed E-state index contributed by atoms with van der Waals surface area (Å²) in [4.78, 5) is 0. The molecule has 0 aromatic rings. The number of allylic oxidation sites excluding steroid dienone is 1. The number of rotatable bonds is 5. The summed E-state index contributed by atoms with van der Waals surface area (Å²) < 4.78 is 49.5. The van der Waals surface area contributed by atoms with E-state index in [9.17, 15) is 8.76 Å². The van der Waals surface area contributed by atoms with Gasteiger partial charge in [-0.1, -0.05) is 25.2 Å². The van der Waals surface area contributed by atoms with E-state index in [1.165, 1.54) is 13.0 Å². The second-order valence-electron chi connectivity index (χ2n) is 6.17. The molecule has 0 saturated heterocycles. The smallest absolute Gasteiger partial charge is 0.277 e. The Morgan fingerprint density at radius 1 is 1.40 bits per heavy atom. The zero-order valence-corrected chi connectivity index (χ0v) is 12.8. The lowest BCUT2D eigenvalue weighted by molar-refractivity contribution is -0.0916. The monoisotopic (exact) mass is 304 g/mol. The topological polar surface area (TPSA) is 37.3 Å². The number of halogens is 2. The van der Waals surface area contributed by atoms with Crippen LogP contribution in [0.1, 0.15) is 39.5 Å². The molecule has 0 amide bonds. The van der Waals surface area contributed by atoms with Gasteiger partial charge in [0, 0.05) is 5.92 Å². The number of hydrogen-bond acceptors (Lipinski definition) is 1. The van der Waals surface area contributed by atoms with Gasteiger partial charge in [0.05, 0.1) is 0 Å². The Morgan fingerprint density at radius 3 is 2.40 bits per heavy atom. The van der Waals surface area contributed by atoms with Gasteiger partial charge in [-0.05, 0) is 50.5 Å². The van der Waals surface area contributed by atoms with E-state index in [2.05, 4.69) is 6.58 Å². The molecule has 1 N–H and O–H groups in total. The lowest BCUT2D eigenvalue weighted by Crippen LogP contribution is -2.56. The third-order valence-corrected chi connectivity index (χ3v) is 6.32. The molecule has 0 heterocycles. The van der Waals surface area contributed by atoms with Crippen molar-refractivity contribution in [3.8, 4) is 0 Å². The second-order valence-corrected chi connectivity index (χ2v) is 7.31. The number of fused-ring (bicyclic) bond motifs is 2. The first-order valence-corrected chi connectivity index (χ1v) is 8.16. The highest BCUT2D eigenvalue weighted by molar-refractivity contribution is 7.81. The minimum atomic E-state index is -3.25. The van der Waals surface area contributed by atoms with E-state index in [4.69, 9.17) is 0 Å². The molecule has 5 atom stereocenters. The van der Waals surface area contributed by atoms with Crippen molar-refractivity contribution in [2.75, 3.05) is 0 Å². The molecular weight excluding hydrogens is 282 g/mol. The van der Waals surface area contributed by atoms with Crippen LogP contribution in [0.3, 0.4) is 0 Å². The Labute approximate surface area is 121 Å². The van der Waals surface area contributed by atoms with E-state index in [1.54, 1.807) is 6.92 Å². The van der Waals surface area contributed by atoms with E-state index < -0.39 is 27.7 Å². The van der Waals surface area contributed by atoms with Crippen molar-refractivity contribution in [1.29, 1.82) is 0 Å². The Hall–Kier alpha value is -0.550. The second kappa shape index (κ2) is 5.34. The molecule has 0 aliphatic heterocycles. The van der Waals surface area contributed by atoms with Crippen LogP contribution in [0.25, 0.3) is 0 Å². The van der Waals surface area contributed by atoms with Crippen LogP contribution in [-0.4, -0.2) is 19.4 Å². The predicted molar refractivity (Wildman–Crippen MR) is 77.0 cm³/mol. The van der Waals surface area contributed by atoms with Gasteiger partial charge in [0.1, 0.15) is 0 Å². The van der Waals surface area contributed by atoms with Gasteiger partial charge >= 0.3 is 0 Å². The fourth-order valence-corrected chi connectivity index (χ4v) is 5.00. The highest BCUT2D eigenvalue weighted by Gasteiger charge is 2.65. The molecule has 2 aliphatic carbocycles. The van der Waals surface area contributed by atoms with E-state index in [0.29, 0.717) is 12.3 Å². The average molecular weight is 304 g/mol. The maximum absolute atomic E-state index is 15.1. The summed E-state index contributed by atoms with van der Waals surface area (Å²) in [5.41, 5.74) is 0.0456. The van der Waals surface area contributed by atoms with Crippen molar-refractivity contribution in [1.82, 2.24) is 0 Å². The van der Waals surface area contributed by atoms with Gasteiger partial charge in [0.2, 0.25) is 0 Å². The van der Waals surface area contributed by atoms with Crippen molar-refractivity contribution in [3.05, 3.63) is 24.3 Å². The first-order chi connectivity index (χ1) is 9.27. The van der Waals surface area contributed by atoms with Gasteiger partial charge in [-0.25, -0.2) is 13.0 Å². The van der Waals surface area contributed by atoms with E-state index in [1.807, 2.05) is 0 Å². The van der Waals surface area contributed by atoms with Crippen molar-refractivity contribution in [2.45, 2.75) is 50.2 Å². The fraction of sp³-hybridized carbons (Fsp3) is 0.733. The highest BCUT2D eigenvalue weighted by atomic mass is 32.2. The average Bonchev–Trinajstić information content (AvgIpc) is 2.96. The molecule has 114 valence electrons. The Kier molecular flexibility index (Phi) is 4.22. The Morgan fingerprint density at radius 2 is 2.05 bits per heavy atom. The van der Waals surface area contributed by atoms with E-state index >= 15 is 8.78 Å². The van der Waals surface area contributed by atoms with Crippen molar-refractivity contribution >= 4 is 11.1 Å². The molecule has 2 nitrogen and oxygen atoms in total. The van der Waals surface area contributed by atoms with Crippen molar-refractivity contribution < 1.29 is 17.5 Å². The number of alkyl halides is 2. The van der Waals surface area contributed by atoms with Crippen LogP contribution in [0, 0.1) is 17.8 Å². The third kappa shape index (κ3) is 2.10. The largest absolute Gasteiger partial charge is 0.305 e. The quantitative estimate of drug-likeness (QED) is 0.611. The minimum Gasteiger partial charge on any atom is -0.305 e. The first-order valence-electron chi connectivity index (χ1n) is 7.06. The van der Waals surface area contributed by atoms with Gasteiger partial charge in [-0.15, -0.1) is 0 Å². The molecule has 2 bridgehead atoms. The molecule has 2 fully saturated rings. The molecule has 0 aromatic heterocycles. The lowest BCUT2D eigenvalue weighted by atomic mass is 9.76. The summed E-state index contributed by atoms with van der Waals surface area (Å²) >= 11 is -2.70. The van der Waals surface area contributed by atoms with Crippen LogP contribution in [0.2, 0.25) is 0 Å². The summed E-state index contributed by atoms with van der Waals surface area (Å²) in [5, 5.41) is 0. The van der Waals surface area contributed by atoms with Gasteiger partial charge in [0.15, 0.2) is 15.8 Å². The van der Waals surface area contributed by atoms with E-state index in [-0.39, 0.29) is 11.5 Å². The van der Waals surface area contributed by atoms with Crippen LogP contribution in [0.15, 0.2) is 24.3 Å². The molecule has 5 unspecified atom stereocenters. The number of hydrogen-bond donors (Lipinski definition) is 1.